The van der Waals surface area contributed by atoms with Crippen LogP contribution >= 0.6 is 0 Å². The van der Waals surface area contributed by atoms with Gasteiger partial charge in [0.1, 0.15) is 5.75 Å². The van der Waals surface area contributed by atoms with E-state index in [0.717, 1.165) is 26.2 Å². The third-order valence-electron chi connectivity index (χ3n) is 4.24. The number of carbonyl (C=O) groups excluding carboxylic acids is 1. The molecule has 0 unspecified atom stereocenters. The summed E-state index contributed by atoms with van der Waals surface area (Å²) >= 11 is 0. The molecule has 0 spiro atoms. The number of nitrogens with zero attached hydrogens (tertiary/aromatic N) is 2. The van der Waals surface area contributed by atoms with Gasteiger partial charge < -0.3 is 15.4 Å². The zero-order valence-corrected chi connectivity index (χ0v) is 13.1. The fourth-order valence-corrected chi connectivity index (χ4v) is 2.58. The van der Waals surface area contributed by atoms with Crippen LogP contribution in [0.15, 0.2) is 24.3 Å². The van der Waals surface area contributed by atoms with Crippen LogP contribution < -0.4 is 10.5 Å². The number of ether oxygens (including phenoxy) is 1. The van der Waals surface area contributed by atoms with Crippen molar-refractivity contribution in [1.82, 2.24) is 9.80 Å². The Morgan fingerprint density at radius 2 is 1.95 bits per heavy atom. The first-order chi connectivity index (χ1) is 9.97. The fraction of sp³-hybridized carbons (Fsp3) is 0.562. The molecule has 0 radical (unpaired) electrons. The van der Waals surface area contributed by atoms with Crippen molar-refractivity contribution in [3.8, 4) is 5.75 Å². The normalized spacial score (nSPS) is 16.9. The smallest absolute Gasteiger partial charge is 0.254 e. The fourth-order valence-electron chi connectivity index (χ4n) is 2.58. The van der Waals surface area contributed by atoms with Crippen molar-refractivity contribution in [3.63, 3.8) is 0 Å². The van der Waals surface area contributed by atoms with Gasteiger partial charge in [0.25, 0.3) is 5.91 Å². The first-order valence-corrected chi connectivity index (χ1v) is 7.36. The number of rotatable bonds is 4. The molecule has 0 aliphatic carbocycles. The van der Waals surface area contributed by atoms with Crippen molar-refractivity contribution in [1.29, 1.82) is 0 Å². The molecule has 1 heterocycles. The van der Waals surface area contributed by atoms with Gasteiger partial charge in [-0.05, 0) is 32.0 Å². The molecule has 21 heavy (non-hydrogen) atoms. The molecule has 5 nitrogen and oxygen atoms in total. The maximum atomic E-state index is 12.5. The zero-order valence-electron chi connectivity index (χ0n) is 13.1. The van der Waals surface area contributed by atoms with Crippen LogP contribution in [0.5, 0.6) is 5.75 Å². The number of methoxy groups -OCH3 is 1. The summed E-state index contributed by atoms with van der Waals surface area (Å²) in [6.45, 7) is 8.11. The summed E-state index contributed by atoms with van der Waals surface area (Å²) in [6, 6.07) is 7.32. The van der Waals surface area contributed by atoms with Gasteiger partial charge in [-0.1, -0.05) is 6.07 Å². The number of hydrogen-bond acceptors (Lipinski definition) is 4. The zero-order chi connectivity index (χ0) is 15.5. The number of benzene rings is 1. The van der Waals surface area contributed by atoms with Crippen LogP contribution in [0, 0.1) is 0 Å². The van der Waals surface area contributed by atoms with Gasteiger partial charge in [-0.15, -0.1) is 0 Å². The van der Waals surface area contributed by atoms with Crippen LogP contribution in [0.4, 0.5) is 0 Å². The Morgan fingerprint density at radius 3 is 2.52 bits per heavy atom. The predicted octanol–water partition coefficient (Wildman–Crippen LogP) is 1.19. The maximum Gasteiger partial charge on any atom is 0.254 e. The third-order valence-corrected chi connectivity index (χ3v) is 4.24. The van der Waals surface area contributed by atoms with Crippen molar-refractivity contribution < 1.29 is 9.53 Å². The molecule has 1 amide bonds. The summed E-state index contributed by atoms with van der Waals surface area (Å²) in [4.78, 5) is 16.8. The van der Waals surface area contributed by atoms with Gasteiger partial charge in [-0.25, -0.2) is 0 Å². The van der Waals surface area contributed by atoms with Gasteiger partial charge in [0.05, 0.1) is 7.11 Å². The highest BCUT2D eigenvalue weighted by Gasteiger charge is 2.30. The van der Waals surface area contributed by atoms with E-state index in [2.05, 4.69) is 18.7 Å². The minimum absolute atomic E-state index is 0.00882. The SMILES string of the molecule is COc1cccc(C(=O)N2CCN(C(C)(C)CN)CC2)c1. The summed E-state index contributed by atoms with van der Waals surface area (Å²) in [5, 5.41) is 0. The Hall–Kier alpha value is -1.59. The predicted molar refractivity (Wildman–Crippen MR) is 83.6 cm³/mol. The van der Waals surface area contributed by atoms with E-state index in [1.54, 1.807) is 13.2 Å². The lowest BCUT2D eigenvalue weighted by Crippen LogP contribution is -2.58. The number of nitrogens with two attached hydrogens (primary N) is 1. The number of piperazine rings is 1. The lowest BCUT2D eigenvalue weighted by molar-refractivity contribution is 0.0426. The minimum Gasteiger partial charge on any atom is -0.497 e. The lowest BCUT2D eigenvalue weighted by Gasteiger charge is -2.43. The van der Waals surface area contributed by atoms with E-state index in [4.69, 9.17) is 10.5 Å². The van der Waals surface area contributed by atoms with Crippen molar-refractivity contribution in [2.45, 2.75) is 19.4 Å². The highest BCUT2D eigenvalue weighted by atomic mass is 16.5. The minimum atomic E-state index is -0.00882. The standard InChI is InChI=1S/C16H25N3O2/c1-16(2,12-17)19-9-7-18(8-10-19)15(20)13-5-4-6-14(11-13)21-3/h4-6,11H,7-10,12,17H2,1-3H3. The monoisotopic (exact) mass is 291 g/mol. The molecule has 1 fully saturated rings. The van der Waals surface area contributed by atoms with Gasteiger partial charge in [0.15, 0.2) is 0 Å². The van der Waals surface area contributed by atoms with Crippen LogP contribution in [0.1, 0.15) is 24.2 Å². The van der Waals surface area contributed by atoms with Crippen LogP contribution in [0.3, 0.4) is 0 Å². The van der Waals surface area contributed by atoms with E-state index in [1.807, 2.05) is 23.1 Å². The second-order valence-electron chi connectivity index (χ2n) is 6.03. The average Bonchev–Trinajstić information content (AvgIpc) is 2.54. The van der Waals surface area contributed by atoms with Gasteiger partial charge in [0, 0.05) is 43.8 Å². The molecule has 2 rings (SSSR count). The molecule has 116 valence electrons. The Morgan fingerprint density at radius 1 is 1.29 bits per heavy atom. The molecule has 1 aliphatic heterocycles. The molecule has 2 N–H and O–H groups in total. The molecule has 0 bridgehead atoms. The van der Waals surface area contributed by atoms with Gasteiger partial charge in [-0.2, -0.15) is 0 Å². The second kappa shape index (κ2) is 6.45. The molecule has 0 saturated carbocycles. The van der Waals surface area contributed by atoms with Crippen molar-refractivity contribution in [2.24, 2.45) is 5.73 Å². The van der Waals surface area contributed by atoms with E-state index in [9.17, 15) is 4.79 Å². The molecule has 0 atom stereocenters. The summed E-state index contributed by atoms with van der Waals surface area (Å²) < 4.78 is 5.18. The molecular weight excluding hydrogens is 266 g/mol. The number of hydrogen-bond donors (Lipinski definition) is 1. The molecular formula is C16H25N3O2. The van der Waals surface area contributed by atoms with E-state index in [-0.39, 0.29) is 11.4 Å². The van der Waals surface area contributed by atoms with Crippen molar-refractivity contribution in [2.75, 3.05) is 39.8 Å². The van der Waals surface area contributed by atoms with Crippen LogP contribution in [-0.2, 0) is 0 Å². The highest BCUT2D eigenvalue weighted by molar-refractivity contribution is 5.94. The number of carbonyl (C=O) groups is 1. The topological polar surface area (TPSA) is 58.8 Å². The lowest BCUT2D eigenvalue weighted by atomic mass is 10.0. The maximum absolute atomic E-state index is 12.5. The Kier molecular flexibility index (Phi) is 4.85. The van der Waals surface area contributed by atoms with E-state index in [0.29, 0.717) is 17.9 Å². The molecule has 5 heteroatoms. The van der Waals surface area contributed by atoms with Crippen LogP contribution in [0.2, 0.25) is 0 Å². The second-order valence-corrected chi connectivity index (χ2v) is 6.03. The van der Waals surface area contributed by atoms with E-state index in [1.165, 1.54) is 0 Å². The van der Waals surface area contributed by atoms with Gasteiger partial charge >= 0.3 is 0 Å². The summed E-state index contributed by atoms with van der Waals surface area (Å²) in [6.07, 6.45) is 0. The Bertz CT molecular complexity index is 494. The molecule has 1 aromatic rings. The molecule has 0 aromatic heterocycles. The highest BCUT2D eigenvalue weighted by Crippen LogP contribution is 2.18. The van der Waals surface area contributed by atoms with Crippen molar-refractivity contribution in [3.05, 3.63) is 29.8 Å². The molecule has 1 aliphatic rings. The first-order valence-electron chi connectivity index (χ1n) is 7.36. The van der Waals surface area contributed by atoms with Gasteiger partial charge in [0.2, 0.25) is 0 Å². The van der Waals surface area contributed by atoms with E-state index >= 15 is 0 Å². The van der Waals surface area contributed by atoms with Crippen LogP contribution in [-0.4, -0.2) is 61.1 Å². The Labute approximate surface area is 126 Å². The van der Waals surface area contributed by atoms with Crippen molar-refractivity contribution >= 4 is 5.91 Å². The molecule has 1 aromatic carbocycles. The first kappa shape index (κ1) is 15.8. The van der Waals surface area contributed by atoms with Gasteiger partial charge in [-0.3, -0.25) is 9.69 Å². The molecule has 1 saturated heterocycles. The quantitative estimate of drug-likeness (QED) is 0.905. The van der Waals surface area contributed by atoms with Crippen LogP contribution in [0.25, 0.3) is 0 Å². The summed E-state index contributed by atoms with van der Waals surface area (Å²) in [5.41, 5.74) is 6.49. The third kappa shape index (κ3) is 3.54. The Balaban J connectivity index is 2.00. The largest absolute Gasteiger partial charge is 0.497 e. The number of amides is 1. The van der Waals surface area contributed by atoms with E-state index < -0.39 is 0 Å². The summed E-state index contributed by atoms with van der Waals surface area (Å²) in [7, 11) is 1.61. The average molecular weight is 291 g/mol. The summed E-state index contributed by atoms with van der Waals surface area (Å²) in [5.74, 6) is 0.780.